The first-order valence-corrected chi connectivity index (χ1v) is 8.13. The monoisotopic (exact) mass is 298 g/mol. The molecule has 1 aliphatic carbocycles. The molecule has 1 N–H and O–H groups in total. The summed E-state index contributed by atoms with van der Waals surface area (Å²) < 4.78 is 5.21. The summed E-state index contributed by atoms with van der Waals surface area (Å²) in [6, 6.07) is 9.79. The molecule has 4 heteroatoms. The highest BCUT2D eigenvalue weighted by atomic mass is 16.5. The van der Waals surface area contributed by atoms with Crippen molar-refractivity contribution in [1.29, 1.82) is 0 Å². The van der Waals surface area contributed by atoms with E-state index in [4.69, 9.17) is 4.52 Å². The van der Waals surface area contributed by atoms with Crippen LogP contribution in [0.5, 0.6) is 0 Å². The van der Waals surface area contributed by atoms with E-state index in [0.29, 0.717) is 11.6 Å². The van der Waals surface area contributed by atoms with Crippen LogP contribution in [0.15, 0.2) is 34.9 Å². The van der Waals surface area contributed by atoms with Crippen LogP contribution in [0.1, 0.15) is 66.8 Å². The molecule has 22 heavy (non-hydrogen) atoms. The van der Waals surface area contributed by atoms with E-state index in [2.05, 4.69) is 29.5 Å². The number of unbranched alkanes of at least 4 members (excludes halogenated alkanes) is 2. The highest BCUT2D eigenvalue weighted by Crippen LogP contribution is 2.40. The van der Waals surface area contributed by atoms with E-state index in [1.165, 1.54) is 24.8 Å². The number of anilines is 1. The Bertz CT molecular complexity index is 627. The minimum atomic E-state index is -0.214. The van der Waals surface area contributed by atoms with Crippen molar-refractivity contribution in [1.82, 2.24) is 5.16 Å². The molecule has 0 unspecified atom stereocenters. The maximum absolute atomic E-state index is 12.1. The number of nitrogens with zero attached hydrogens (tertiary/aromatic N) is 1. The van der Waals surface area contributed by atoms with Crippen LogP contribution in [-0.4, -0.2) is 11.1 Å². The van der Waals surface area contributed by atoms with Crippen molar-refractivity contribution in [2.75, 3.05) is 5.32 Å². The Morgan fingerprint density at radius 3 is 2.73 bits per heavy atom. The smallest absolute Gasteiger partial charge is 0.277 e. The quantitative estimate of drug-likeness (QED) is 0.764. The largest absolute Gasteiger partial charge is 0.360 e. The zero-order valence-electron chi connectivity index (χ0n) is 13.0. The van der Waals surface area contributed by atoms with E-state index in [9.17, 15) is 4.79 Å². The molecule has 116 valence electrons. The topological polar surface area (TPSA) is 55.1 Å². The molecule has 4 nitrogen and oxygen atoms in total. The van der Waals surface area contributed by atoms with E-state index in [-0.39, 0.29) is 5.91 Å². The van der Waals surface area contributed by atoms with Gasteiger partial charge in [-0.15, -0.1) is 0 Å². The van der Waals surface area contributed by atoms with Crippen LogP contribution < -0.4 is 5.32 Å². The van der Waals surface area contributed by atoms with Crippen LogP contribution >= 0.6 is 0 Å². The zero-order valence-corrected chi connectivity index (χ0v) is 13.0. The third-order valence-electron chi connectivity index (χ3n) is 4.02. The van der Waals surface area contributed by atoms with Gasteiger partial charge in [-0.2, -0.15) is 0 Å². The predicted octanol–water partition coefficient (Wildman–Crippen LogP) is 4.54. The summed E-state index contributed by atoms with van der Waals surface area (Å²) in [5.74, 6) is 1.09. The molecule has 1 amide bonds. The van der Waals surface area contributed by atoms with Gasteiger partial charge in [0.15, 0.2) is 5.69 Å². The average molecular weight is 298 g/mol. The third kappa shape index (κ3) is 3.75. The number of nitrogens with one attached hydrogen (secondary N) is 1. The fourth-order valence-corrected chi connectivity index (χ4v) is 2.49. The van der Waals surface area contributed by atoms with Gasteiger partial charge in [0.05, 0.1) is 0 Å². The summed E-state index contributed by atoms with van der Waals surface area (Å²) >= 11 is 0. The lowest BCUT2D eigenvalue weighted by atomic mass is 10.1. The molecule has 0 atom stereocenters. The Morgan fingerprint density at radius 2 is 2.05 bits per heavy atom. The Balaban J connectivity index is 1.56. The molecule has 1 aromatic carbocycles. The van der Waals surface area contributed by atoms with Crippen molar-refractivity contribution in [3.05, 3.63) is 47.3 Å². The van der Waals surface area contributed by atoms with Crippen LogP contribution in [0.25, 0.3) is 0 Å². The van der Waals surface area contributed by atoms with Crippen LogP contribution in [-0.2, 0) is 6.42 Å². The Hall–Kier alpha value is -2.10. The summed E-state index contributed by atoms with van der Waals surface area (Å²) in [4.78, 5) is 12.1. The van der Waals surface area contributed by atoms with Gasteiger partial charge in [0.1, 0.15) is 5.76 Å². The normalized spacial score (nSPS) is 14.0. The number of carbonyl (C=O) groups excluding carboxylic acids is 1. The van der Waals surface area contributed by atoms with Crippen LogP contribution in [0, 0.1) is 0 Å². The summed E-state index contributed by atoms with van der Waals surface area (Å²) in [6.45, 7) is 2.21. The minimum Gasteiger partial charge on any atom is -0.360 e. The fourth-order valence-electron chi connectivity index (χ4n) is 2.49. The molecule has 1 aromatic heterocycles. The van der Waals surface area contributed by atoms with Gasteiger partial charge in [0, 0.05) is 17.7 Å². The second-order valence-electron chi connectivity index (χ2n) is 6.00. The molecule has 0 spiro atoms. The highest BCUT2D eigenvalue weighted by molar-refractivity contribution is 6.02. The van der Waals surface area contributed by atoms with Gasteiger partial charge in [0.25, 0.3) is 5.91 Å². The van der Waals surface area contributed by atoms with E-state index >= 15 is 0 Å². The SMILES string of the molecule is CCCCCc1ccc(NC(=O)c2cc(C3CC3)on2)cc1. The van der Waals surface area contributed by atoms with Crippen molar-refractivity contribution >= 4 is 11.6 Å². The fraction of sp³-hybridized carbons (Fsp3) is 0.444. The lowest BCUT2D eigenvalue weighted by molar-refractivity contribution is 0.101. The van der Waals surface area contributed by atoms with Gasteiger partial charge >= 0.3 is 0 Å². The van der Waals surface area contributed by atoms with Gasteiger partial charge in [-0.05, 0) is 43.4 Å². The average Bonchev–Trinajstić information content (AvgIpc) is 3.26. The summed E-state index contributed by atoms with van der Waals surface area (Å²) in [6.07, 6.45) is 7.06. The lowest BCUT2D eigenvalue weighted by Gasteiger charge is -2.05. The number of hydrogen-bond donors (Lipinski definition) is 1. The molecule has 1 heterocycles. The summed E-state index contributed by atoms with van der Waals surface area (Å²) in [5, 5.41) is 6.72. The predicted molar refractivity (Wildman–Crippen MR) is 86.1 cm³/mol. The molecule has 1 fully saturated rings. The number of aromatic nitrogens is 1. The van der Waals surface area contributed by atoms with Gasteiger partial charge in [-0.1, -0.05) is 37.1 Å². The molecule has 0 saturated heterocycles. The van der Waals surface area contributed by atoms with Crippen molar-refractivity contribution in [3.8, 4) is 0 Å². The van der Waals surface area contributed by atoms with E-state index < -0.39 is 0 Å². The first-order chi connectivity index (χ1) is 10.8. The molecule has 3 rings (SSSR count). The standard InChI is InChI=1S/C18H22N2O2/c1-2-3-4-5-13-6-10-15(11-7-13)19-18(21)16-12-17(22-20-16)14-8-9-14/h6-7,10-12,14H,2-5,8-9H2,1H3,(H,19,21). The summed E-state index contributed by atoms with van der Waals surface area (Å²) in [7, 11) is 0. The molecular formula is C18H22N2O2. The molecule has 0 aliphatic heterocycles. The van der Waals surface area contributed by atoms with Crippen LogP contribution in [0.4, 0.5) is 5.69 Å². The Kier molecular flexibility index (Phi) is 4.56. The summed E-state index contributed by atoms with van der Waals surface area (Å²) in [5.41, 5.74) is 2.46. The minimum absolute atomic E-state index is 0.214. The molecular weight excluding hydrogens is 276 g/mol. The number of rotatable bonds is 7. The van der Waals surface area contributed by atoms with Crippen LogP contribution in [0.2, 0.25) is 0 Å². The number of aryl methyl sites for hydroxylation is 1. The van der Waals surface area contributed by atoms with Gasteiger partial charge in [-0.3, -0.25) is 4.79 Å². The van der Waals surface area contributed by atoms with Gasteiger partial charge in [0.2, 0.25) is 0 Å². The lowest BCUT2D eigenvalue weighted by Crippen LogP contribution is -2.12. The van der Waals surface area contributed by atoms with E-state index in [1.54, 1.807) is 6.07 Å². The first-order valence-electron chi connectivity index (χ1n) is 8.13. The van der Waals surface area contributed by atoms with E-state index in [1.807, 2.05) is 12.1 Å². The molecule has 1 aliphatic rings. The molecule has 0 radical (unpaired) electrons. The van der Waals surface area contributed by atoms with Crippen molar-refractivity contribution in [2.45, 2.75) is 51.4 Å². The van der Waals surface area contributed by atoms with Gasteiger partial charge in [-0.25, -0.2) is 0 Å². The third-order valence-corrected chi connectivity index (χ3v) is 4.02. The van der Waals surface area contributed by atoms with Crippen LogP contribution in [0.3, 0.4) is 0 Å². The number of hydrogen-bond acceptors (Lipinski definition) is 3. The van der Waals surface area contributed by atoms with Crippen molar-refractivity contribution in [3.63, 3.8) is 0 Å². The molecule has 0 bridgehead atoms. The first kappa shape index (κ1) is 14.8. The highest BCUT2D eigenvalue weighted by Gasteiger charge is 2.28. The van der Waals surface area contributed by atoms with Gasteiger partial charge < -0.3 is 9.84 Å². The number of carbonyl (C=O) groups is 1. The van der Waals surface area contributed by atoms with Crippen molar-refractivity contribution in [2.24, 2.45) is 0 Å². The molecule has 2 aromatic rings. The van der Waals surface area contributed by atoms with E-state index in [0.717, 1.165) is 30.7 Å². The molecule has 1 saturated carbocycles. The second-order valence-corrected chi connectivity index (χ2v) is 6.00. The second kappa shape index (κ2) is 6.77. The van der Waals surface area contributed by atoms with Crippen molar-refractivity contribution < 1.29 is 9.32 Å². The maximum atomic E-state index is 12.1. The maximum Gasteiger partial charge on any atom is 0.277 e. The zero-order chi connectivity index (χ0) is 15.4. The number of benzene rings is 1. The number of amides is 1. The Labute approximate surface area is 130 Å². The Morgan fingerprint density at radius 1 is 1.27 bits per heavy atom.